The largest absolute Gasteiger partial charge is 0.484 e. The molecule has 0 spiro atoms. The van der Waals surface area contributed by atoms with Crippen LogP contribution in [0.3, 0.4) is 0 Å². The van der Waals surface area contributed by atoms with Gasteiger partial charge in [0.1, 0.15) is 11.5 Å². The van der Waals surface area contributed by atoms with Crippen LogP contribution in [-0.2, 0) is 14.3 Å². The SMILES string of the molecule is COC(=O)C[C@@H](NC(=O)COc1cccc(Oc2ccccn2)c1)c1cccs1. The highest BCUT2D eigenvalue weighted by Gasteiger charge is 2.20. The second-order valence-corrected chi connectivity index (χ2v) is 6.93. The van der Waals surface area contributed by atoms with E-state index in [0.717, 1.165) is 4.88 Å². The smallest absolute Gasteiger partial charge is 0.307 e. The molecule has 0 bridgehead atoms. The predicted octanol–water partition coefficient (Wildman–Crippen LogP) is 3.73. The summed E-state index contributed by atoms with van der Waals surface area (Å²) in [5.41, 5.74) is 0. The summed E-state index contributed by atoms with van der Waals surface area (Å²) < 4.78 is 15.9. The van der Waals surface area contributed by atoms with E-state index < -0.39 is 12.0 Å². The monoisotopic (exact) mass is 412 g/mol. The third-order valence-electron chi connectivity index (χ3n) is 3.86. The predicted molar refractivity (Wildman–Crippen MR) is 108 cm³/mol. The van der Waals surface area contributed by atoms with E-state index >= 15 is 0 Å². The summed E-state index contributed by atoms with van der Waals surface area (Å²) >= 11 is 1.46. The fourth-order valence-electron chi connectivity index (χ4n) is 2.50. The maximum atomic E-state index is 12.3. The lowest BCUT2D eigenvalue weighted by Gasteiger charge is -2.16. The number of methoxy groups -OCH3 is 1. The van der Waals surface area contributed by atoms with Crippen LogP contribution < -0.4 is 14.8 Å². The van der Waals surface area contributed by atoms with Gasteiger partial charge in [0.15, 0.2) is 6.61 Å². The lowest BCUT2D eigenvalue weighted by atomic mass is 10.1. The van der Waals surface area contributed by atoms with E-state index in [9.17, 15) is 9.59 Å². The van der Waals surface area contributed by atoms with Gasteiger partial charge in [-0.15, -0.1) is 11.3 Å². The molecule has 7 nitrogen and oxygen atoms in total. The average molecular weight is 412 g/mol. The molecule has 1 amide bonds. The van der Waals surface area contributed by atoms with Gasteiger partial charge in [-0.2, -0.15) is 0 Å². The van der Waals surface area contributed by atoms with Gasteiger partial charge in [-0.3, -0.25) is 9.59 Å². The Morgan fingerprint density at radius 1 is 1.10 bits per heavy atom. The maximum Gasteiger partial charge on any atom is 0.307 e. The van der Waals surface area contributed by atoms with Crippen molar-refractivity contribution in [3.8, 4) is 17.4 Å². The molecular formula is C21H20N2O5S. The van der Waals surface area contributed by atoms with E-state index in [4.69, 9.17) is 14.2 Å². The third kappa shape index (κ3) is 6.32. The van der Waals surface area contributed by atoms with Gasteiger partial charge in [0, 0.05) is 23.2 Å². The molecule has 3 rings (SSSR count). The number of ether oxygens (including phenoxy) is 3. The second-order valence-electron chi connectivity index (χ2n) is 5.95. The van der Waals surface area contributed by atoms with Crippen molar-refractivity contribution in [2.45, 2.75) is 12.5 Å². The molecule has 0 aliphatic carbocycles. The molecule has 3 aromatic rings. The van der Waals surface area contributed by atoms with Crippen LogP contribution in [0.25, 0.3) is 0 Å². The highest BCUT2D eigenvalue weighted by molar-refractivity contribution is 7.10. The summed E-state index contributed by atoms with van der Waals surface area (Å²) in [5.74, 6) is 0.745. The number of nitrogens with one attached hydrogen (secondary N) is 1. The molecule has 0 aliphatic rings. The fraction of sp³-hybridized carbons (Fsp3) is 0.190. The lowest BCUT2D eigenvalue weighted by Crippen LogP contribution is -2.33. The molecular weight excluding hydrogens is 392 g/mol. The van der Waals surface area contributed by atoms with E-state index in [0.29, 0.717) is 17.4 Å². The molecule has 29 heavy (non-hydrogen) atoms. The zero-order valence-electron chi connectivity index (χ0n) is 15.7. The minimum atomic E-state index is -0.461. The van der Waals surface area contributed by atoms with Gasteiger partial charge in [-0.05, 0) is 29.6 Å². The van der Waals surface area contributed by atoms with Crippen LogP contribution in [-0.4, -0.2) is 30.6 Å². The number of carbonyl (C=O) groups is 2. The molecule has 150 valence electrons. The Morgan fingerprint density at radius 3 is 2.69 bits per heavy atom. The first kappa shape index (κ1) is 20.3. The topological polar surface area (TPSA) is 86.8 Å². The van der Waals surface area contributed by atoms with E-state index in [1.54, 1.807) is 42.6 Å². The van der Waals surface area contributed by atoms with Crippen LogP contribution in [0.4, 0.5) is 0 Å². The van der Waals surface area contributed by atoms with Crippen LogP contribution in [0, 0.1) is 0 Å². The van der Waals surface area contributed by atoms with Crippen molar-refractivity contribution in [1.82, 2.24) is 10.3 Å². The molecule has 2 aromatic heterocycles. The summed E-state index contributed by atoms with van der Waals surface area (Å²) in [6, 6.07) is 15.6. The normalized spacial score (nSPS) is 11.3. The van der Waals surface area contributed by atoms with Crippen molar-refractivity contribution in [1.29, 1.82) is 0 Å². The number of carbonyl (C=O) groups excluding carboxylic acids is 2. The highest BCUT2D eigenvalue weighted by atomic mass is 32.1. The minimum absolute atomic E-state index is 0.0517. The maximum absolute atomic E-state index is 12.3. The number of rotatable bonds is 9. The molecule has 1 atom stereocenters. The Hall–Kier alpha value is -3.39. The number of amides is 1. The molecule has 8 heteroatoms. The average Bonchev–Trinajstić information content (AvgIpc) is 3.27. The van der Waals surface area contributed by atoms with Crippen LogP contribution in [0.2, 0.25) is 0 Å². The Kier molecular flexibility index (Phi) is 7.18. The number of nitrogens with zero attached hydrogens (tertiary/aromatic N) is 1. The fourth-order valence-corrected chi connectivity index (χ4v) is 3.28. The van der Waals surface area contributed by atoms with Crippen LogP contribution >= 0.6 is 11.3 Å². The molecule has 0 saturated carbocycles. The van der Waals surface area contributed by atoms with Gasteiger partial charge in [0.2, 0.25) is 5.88 Å². The van der Waals surface area contributed by atoms with Gasteiger partial charge in [-0.1, -0.05) is 18.2 Å². The summed E-state index contributed by atoms with van der Waals surface area (Å²) in [4.78, 5) is 29.0. The summed E-state index contributed by atoms with van der Waals surface area (Å²) in [6.45, 7) is -0.198. The Morgan fingerprint density at radius 2 is 1.97 bits per heavy atom. The summed E-state index contributed by atoms with van der Waals surface area (Å²) in [7, 11) is 1.32. The first-order chi connectivity index (χ1) is 14.1. The standard InChI is InChI=1S/C21H20N2O5S/c1-26-21(25)13-17(18-8-5-11-29-18)23-19(24)14-27-15-6-4-7-16(12-15)28-20-9-2-3-10-22-20/h2-12,17H,13-14H2,1H3,(H,23,24)/t17-/m1/s1. The Balaban J connectivity index is 1.56. The van der Waals surface area contributed by atoms with Crippen LogP contribution in [0.1, 0.15) is 17.3 Å². The van der Waals surface area contributed by atoms with E-state index in [2.05, 4.69) is 10.3 Å². The number of esters is 1. The molecule has 2 heterocycles. The second kappa shape index (κ2) is 10.2. The van der Waals surface area contributed by atoms with Crippen molar-refractivity contribution >= 4 is 23.2 Å². The molecule has 0 fully saturated rings. The van der Waals surface area contributed by atoms with Crippen LogP contribution in [0.15, 0.2) is 66.2 Å². The number of thiophene rings is 1. The Labute approximate surface area is 172 Å². The molecule has 1 N–H and O–H groups in total. The molecule has 0 saturated heterocycles. The number of aromatic nitrogens is 1. The van der Waals surface area contributed by atoms with Gasteiger partial charge >= 0.3 is 5.97 Å². The molecule has 1 aromatic carbocycles. The van der Waals surface area contributed by atoms with Gasteiger partial charge < -0.3 is 19.5 Å². The Bertz CT molecular complexity index is 931. The third-order valence-corrected chi connectivity index (χ3v) is 4.84. The molecule has 0 unspecified atom stereocenters. The zero-order chi connectivity index (χ0) is 20.5. The van der Waals surface area contributed by atoms with Crippen molar-refractivity contribution in [2.75, 3.05) is 13.7 Å². The van der Waals surface area contributed by atoms with Gasteiger partial charge in [0.25, 0.3) is 5.91 Å². The zero-order valence-corrected chi connectivity index (χ0v) is 16.6. The minimum Gasteiger partial charge on any atom is -0.484 e. The first-order valence-electron chi connectivity index (χ1n) is 8.85. The molecule has 0 aliphatic heterocycles. The van der Waals surface area contributed by atoms with E-state index in [1.807, 2.05) is 23.6 Å². The first-order valence-corrected chi connectivity index (χ1v) is 9.73. The van der Waals surface area contributed by atoms with Crippen molar-refractivity contribution in [3.05, 3.63) is 71.1 Å². The van der Waals surface area contributed by atoms with Crippen molar-refractivity contribution in [3.63, 3.8) is 0 Å². The molecule has 0 radical (unpaired) electrons. The van der Waals surface area contributed by atoms with E-state index in [-0.39, 0.29) is 18.9 Å². The van der Waals surface area contributed by atoms with Crippen molar-refractivity contribution in [2.24, 2.45) is 0 Å². The summed E-state index contributed by atoms with van der Waals surface area (Å²) in [6.07, 6.45) is 1.69. The van der Waals surface area contributed by atoms with Crippen LogP contribution in [0.5, 0.6) is 17.4 Å². The lowest BCUT2D eigenvalue weighted by molar-refractivity contribution is -0.141. The number of hydrogen-bond acceptors (Lipinski definition) is 7. The van der Waals surface area contributed by atoms with Crippen molar-refractivity contribution < 1.29 is 23.8 Å². The summed E-state index contributed by atoms with van der Waals surface area (Å²) in [5, 5.41) is 4.70. The highest BCUT2D eigenvalue weighted by Crippen LogP contribution is 2.24. The van der Waals surface area contributed by atoms with E-state index in [1.165, 1.54) is 18.4 Å². The number of benzene rings is 1. The number of pyridine rings is 1. The van der Waals surface area contributed by atoms with Gasteiger partial charge in [0.05, 0.1) is 19.6 Å². The van der Waals surface area contributed by atoms with Gasteiger partial charge in [-0.25, -0.2) is 4.98 Å². The quantitative estimate of drug-likeness (QED) is 0.539. The number of hydrogen-bond donors (Lipinski definition) is 1.